The van der Waals surface area contributed by atoms with Gasteiger partial charge in [0.25, 0.3) is 0 Å². The quantitative estimate of drug-likeness (QED) is 0.925. The number of nitrogens with one attached hydrogen (secondary N) is 1. The first-order valence-electron chi connectivity index (χ1n) is 6.63. The number of ether oxygens (including phenoxy) is 1. The van der Waals surface area contributed by atoms with E-state index in [1.54, 1.807) is 12.1 Å². The number of hydrogen-bond donors (Lipinski definition) is 1. The molecule has 1 heterocycles. The van der Waals surface area contributed by atoms with Crippen LogP contribution in [0.3, 0.4) is 0 Å². The lowest BCUT2D eigenvalue weighted by Gasteiger charge is -2.39. The molecule has 106 valence electrons. The van der Waals surface area contributed by atoms with E-state index in [2.05, 4.69) is 24.1 Å². The molecule has 0 saturated carbocycles. The molecule has 1 aromatic carbocycles. The molecule has 0 aliphatic carbocycles. The van der Waals surface area contributed by atoms with Gasteiger partial charge in [0.1, 0.15) is 6.61 Å². The maximum atomic E-state index is 6.08. The van der Waals surface area contributed by atoms with Gasteiger partial charge in [-0.3, -0.25) is 4.90 Å². The smallest absolute Gasteiger partial charge is 0.156 e. The van der Waals surface area contributed by atoms with E-state index in [0.29, 0.717) is 34.5 Å². The lowest BCUT2D eigenvalue weighted by Crippen LogP contribution is -2.55. The highest BCUT2D eigenvalue weighted by Crippen LogP contribution is 2.32. The first-order chi connectivity index (χ1) is 9.09. The second-order valence-corrected chi connectivity index (χ2v) is 5.81. The van der Waals surface area contributed by atoms with Crippen LogP contribution in [0.15, 0.2) is 18.2 Å². The first kappa shape index (κ1) is 14.9. The SMILES string of the molecule is CC1CNCC(C)N1CCOc1c(Cl)cccc1Cl. The number of hydrogen-bond acceptors (Lipinski definition) is 3. The van der Waals surface area contributed by atoms with Gasteiger partial charge in [0.05, 0.1) is 10.0 Å². The second-order valence-electron chi connectivity index (χ2n) is 4.99. The Kier molecular flexibility index (Phi) is 5.34. The minimum Gasteiger partial charge on any atom is -0.489 e. The van der Waals surface area contributed by atoms with Crippen LogP contribution in [0.1, 0.15) is 13.8 Å². The second kappa shape index (κ2) is 6.80. The third-order valence-electron chi connectivity index (χ3n) is 3.53. The summed E-state index contributed by atoms with van der Waals surface area (Å²) in [6.45, 7) is 7.98. The van der Waals surface area contributed by atoms with Crippen molar-refractivity contribution in [1.82, 2.24) is 10.2 Å². The van der Waals surface area contributed by atoms with E-state index >= 15 is 0 Å². The number of benzene rings is 1. The van der Waals surface area contributed by atoms with Gasteiger partial charge in [-0.15, -0.1) is 0 Å². The standard InChI is InChI=1S/C14H20Cl2N2O/c1-10-8-17-9-11(2)18(10)6-7-19-14-12(15)4-3-5-13(14)16/h3-5,10-11,17H,6-9H2,1-2H3. The topological polar surface area (TPSA) is 24.5 Å². The lowest BCUT2D eigenvalue weighted by atomic mass is 10.1. The van der Waals surface area contributed by atoms with E-state index < -0.39 is 0 Å². The van der Waals surface area contributed by atoms with Crippen LogP contribution in [0.4, 0.5) is 0 Å². The molecule has 1 aliphatic rings. The van der Waals surface area contributed by atoms with E-state index in [-0.39, 0.29) is 0 Å². The van der Waals surface area contributed by atoms with Gasteiger partial charge in [-0.2, -0.15) is 0 Å². The molecule has 0 bridgehead atoms. The van der Waals surface area contributed by atoms with Crippen LogP contribution in [-0.2, 0) is 0 Å². The zero-order valence-electron chi connectivity index (χ0n) is 11.3. The van der Waals surface area contributed by atoms with Crippen LogP contribution >= 0.6 is 23.2 Å². The highest BCUT2D eigenvalue weighted by Gasteiger charge is 2.24. The predicted octanol–water partition coefficient (Wildman–Crippen LogP) is 3.05. The Morgan fingerprint density at radius 2 is 1.79 bits per heavy atom. The van der Waals surface area contributed by atoms with Crippen molar-refractivity contribution < 1.29 is 4.74 Å². The molecular formula is C14H20Cl2N2O. The van der Waals surface area contributed by atoms with Crippen LogP contribution in [0.2, 0.25) is 10.0 Å². The third-order valence-corrected chi connectivity index (χ3v) is 4.12. The van der Waals surface area contributed by atoms with Crippen molar-refractivity contribution in [1.29, 1.82) is 0 Å². The molecule has 19 heavy (non-hydrogen) atoms. The van der Waals surface area contributed by atoms with Gasteiger partial charge in [0.2, 0.25) is 0 Å². The Morgan fingerprint density at radius 1 is 1.21 bits per heavy atom. The van der Waals surface area contributed by atoms with Crippen LogP contribution in [-0.4, -0.2) is 43.2 Å². The summed E-state index contributed by atoms with van der Waals surface area (Å²) >= 11 is 12.2. The normalized spacial score (nSPS) is 24.4. The minimum absolute atomic E-state index is 0.522. The van der Waals surface area contributed by atoms with Gasteiger partial charge < -0.3 is 10.1 Å². The summed E-state index contributed by atoms with van der Waals surface area (Å²) in [6, 6.07) is 6.44. The van der Waals surface area contributed by atoms with E-state index in [9.17, 15) is 0 Å². The molecule has 0 spiro atoms. The van der Waals surface area contributed by atoms with E-state index in [1.807, 2.05) is 6.07 Å². The Morgan fingerprint density at radius 3 is 2.37 bits per heavy atom. The van der Waals surface area contributed by atoms with Crippen molar-refractivity contribution in [3.63, 3.8) is 0 Å². The molecule has 2 rings (SSSR count). The largest absolute Gasteiger partial charge is 0.489 e. The molecule has 1 N–H and O–H groups in total. The molecule has 5 heteroatoms. The number of rotatable bonds is 4. The van der Waals surface area contributed by atoms with Gasteiger partial charge in [-0.25, -0.2) is 0 Å². The summed E-state index contributed by atoms with van der Waals surface area (Å²) in [5.74, 6) is 0.585. The molecule has 1 saturated heterocycles. The monoisotopic (exact) mass is 302 g/mol. The Balaban J connectivity index is 1.89. The molecule has 0 aromatic heterocycles. The van der Waals surface area contributed by atoms with E-state index in [4.69, 9.17) is 27.9 Å². The van der Waals surface area contributed by atoms with Crippen molar-refractivity contribution >= 4 is 23.2 Å². The fourth-order valence-corrected chi connectivity index (χ4v) is 2.99. The zero-order valence-corrected chi connectivity index (χ0v) is 12.8. The molecule has 2 unspecified atom stereocenters. The summed E-state index contributed by atoms with van der Waals surface area (Å²) in [5.41, 5.74) is 0. The highest BCUT2D eigenvalue weighted by atomic mass is 35.5. The number of para-hydroxylation sites is 1. The fourth-order valence-electron chi connectivity index (χ4n) is 2.48. The van der Waals surface area contributed by atoms with Crippen LogP contribution in [0, 0.1) is 0 Å². The fraction of sp³-hybridized carbons (Fsp3) is 0.571. The lowest BCUT2D eigenvalue weighted by molar-refractivity contribution is 0.0966. The van der Waals surface area contributed by atoms with Crippen LogP contribution < -0.4 is 10.1 Å². The Labute approximate surface area is 124 Å². The van der Waals surface area contributed by atoms with Gasteiger partial charge in [0, 0.05) is 31.7 Å². The number of nitrogens with zero attached hydrogens (tertiary/aromatic N) is 1. The van der Waals surface area contributed by atoms with Gasteiger partial charge >= 0.3 is 0 Å². The Bertz CT molecular complexity index is 398. The third kappa shape index (κ3) is 3.76. The van der Waals surface area contributed by atoms with Crippen molar-refractivity contribution in [2.24, 2.45) is 0 Å². The molecule has 0 amide bonds. The Hall–Kier alpha value is -0.480. The summed E-state index contributed by atoms with van der Waals surface area (Å²) in [4.78, 5) is 2.45. The summed E-state index contributed by atoms with van der Waals surface area (Å²) < 4.78 is 5.74. The minimum atomic E-state index is 0.522. The summed E-state index contributed by atoms with van der Waals surface area (Å²) in [5, 5.41) is 4.54. The average molecular weight is 303 g/mol. The van der Waals surface area contributed by atoms with Crippen LogP contribution in [0.25, 0.3) is 0 Å². The van der Waals surface area contributed by atoms with Crippen molar-refractivity contribution in [3.05, 3.63) is 28.2 Å². The zero-order chi connectivity index (χ0) is 13.8. The first-order valence-corrected chi connectivity index (χ1v) is 7.38. The molecule has 2 atom stereocenters. The summed E-state index contributed by atoms with van der Waals surface area (Å²) in [6.07, 6.45) is 0. The maximum absolute atomic E-state index is 6.08. The van der Waals surface area contributed by atoms with E-state index in [1.165, 1.54) is 0 Å². The van der Waals surface area contributed by atoms with E-state index in [0.717, 1.165) is 19.6 Å². The maximum Gasteiger partial charge on any atom is 0.156 e. The van der Waals surface area contributed by atoms with Crippen LogP contribution in [0.5, 0.6) is 5.75 Å². The van der Waals surface area contributed by atoms with Crippen molar-refractivity contribution in [2.45, 2.75) is 25.9 Å². The van der Waals surface area contributed by atoms with Gasteiger partial charge in [-0.1, -0.05) is 29.3 Å². The predicted molar refractivity (Wildman–Crippen MR) is 80.5 cm³/mol. The number of halogens is 2. The highest BCUT2D eigenvalue weighted by molar-refractivity contribution is 6.37. The van der Waals surface area contributed by atoms with Gasteiger partial charge in [0.15, 0.2) is 5.75 Å². The van der Waals surface area contributed by atoms with Crippen molar-refractivity contribution in [3.8, 4) is 5.75 Å². The summed E-state index contributed by atoms with van der Waals surface area (Å²) in [7, 11) is 0. The average Bonchev–Trinajstić information content (AvgIpc) is 2.36. The molecule has 3 nitrogen and oxygen atoms in total. The molecular weight excluding hydrogens is 283 g/mol. The number of piperazine rings is 1. The molecule has 1 fully saturated rings. The molecule has 0 radical (unpaired) electrons. The molecule has 1 aromatic rings. The van der Waals surface area contributed by atoms with Crippen molar-refractivity contribution in [2.75, 3.05) is 26.2 Å². The molecule has 1 aliphatic heterocycles. The van der Waals surface area contributed by atoms with Gasteiger partial charge in [-0.05, 0) is 26.0 Å².